The molecule has 0 unspecified atom stereocenters. The first-order valence-electron chi connectivity index (χ1n) is 10.6. The second kappa shape index (κ2) is 9.51. The van der Waals surface area contributed by atoms with Crippen LogP contribution in [-0.2, 0) is 11.2 Å². The molecule has 3 aromatic rings. The zero-order valence-corrected chi connectivity index (χ0v) is 19.1. The molecule has 0 aliphatic carbocycles. The van der Waals surface area contributed by atoms with Crippen molar-refractivity contribution in [3.05, 3.63) is 53.6 Å². The molecule has 0 saturated carbocycles. The van der Waals surface area contributed by atoms with Gasteiger partial charge in [0, 0.05) is 41.9 Å². The summed E-state index contributed by atoms with van der Waals surface area (Å²) in [6.07, 6.45) is 7.07. The lowest BCUT2D eigenvalue weighted by atomic mass is 10.1. The van der Waals surface area contributed by atoms with Gasteiger partial charge in [0.2, 0.25) is 5.91 Å². The summed E-state index contributed by atoms with van der Waals surface area (Å²) in [5, 5.41) is 7.70. The van der Waals surface area contributed by atoms with E-state index in [1.165, 1.54) is 12.8 Å². The van der Waals surface area contributed by atoms with E-state index >= 15 is 0 Å². The molecule has 1 saturated heterocycles. The van der Waals surface area contributed by atoms with Crippen molar-refractivity contribution in [3.63, 3.8) is 0 Å². The van der Waals surface area contributed by atoms with Gasteiger partial charge < -0.3 is 10.2 Å². The maximum Gasteiger partial charge on any atom is 0.224 e. The lowest BCUT2D eigenvalue weighted by molar-refractivity contribution is -0.116. The van der Waals surface area contributed by atoms with E-state index in [0.717, 1.165) is 52.3 Å². The maximum atomic E-state index is 12.5. The highest BCUT2D eigenvalue weighted by atomic mass is 32.2. The van der Waals surface area contributed by atoms with Crippen molar-refractivity contribution in [3.8, 4) is 5.82 Å². The van der Waals surface area contributed by atoms with Crippen LogP contribution in [0.1, 0.15) is 36.2 Å². The van der Waals surface area contributed by atoms with E-state index in [4.69, 9.17) is 5.10 Å². The number of carbonyl (C=O) groups excluding carboxylic acids is 1. The van der Waals surface area contributed by atoms with Crippen LogP contribution in [0.15, 0.2) is 41.6 Å². The van der Waals surface area contributed by atoms with Crippen molar-refractivity contribution in [1.29, 1.82) is 0 Å². The summed E-state index contributed by atoms with van der Waals surface area (Å²) in [5.41, 5.74) is 3.86. The Morgan fingerprint density at radius 3 is 2.68 bits per heavy atom. The summed E-state index contributed by atoms with van der Waals surface area (Å²) in [5.74, 6) is 1.72. The molecule has 0 radical (unpaired) electrons. The molecule has 1 aliphatic rings. The standard InChI is InChI=1S/C23H28N6OS/c1-16-20(9-10-23(30)26-18-7-6-8-19(13-18)31-3)17(2)29(27-16)22-14-21(24-15-25-22)28-11-4-5-12-28/h6-8,13-15H,4-5,9-12H2,1-3H3,(H,26,30). The Kier molecular flexibility index (Phi) is 6.56. The van der Waals surface area contributed by atoms with Gasteiger partial charge in [-0.2, -0.15) is 5.10 Å². The fourth-order valence-corrected chi connectivity index (χ4v) is 4.45. The number of hydrogen-bond acceptors (Lipinski definition) is 6. The van der Waals surface area contributed by atoms with Gasteiger partial charge in [0.05, 0.1) is 5.69 Å². The molecule has 1 amide bonds. The van der Waals surface area contributed by atoms with Crippen LogP contribution < -0.4 is 10.2 Å². The zero-order valence-electron chi connectivity index (χ0n) is 18.3. The Labute approximate surface area is 187 Å². The molecule has 3 heterocycles. The molecule has 1 aromatic carbocycles. The quantitative estimate of drug-likeness (QED) is 0.560. The molecule has 0 spiro atoms. The van der Waals surface area contributed by atoms with Gasteiger partial charge in [0.15, 0.2) is 5.82 Å². The predicted octanol–water partition coefficient (Wildman–Crippen LogP) is 4.17. The van der Waals surface area contributed by atoms with Crippen LogP contribution in [0.2, 0.25) is 0 Å². The lowest BCUT2D eigenvalue weighted by Crippen LogP contribution is -2.19. The van der Waals surface area contributed by atoms with E-state index < -0.39 is 0 Å². The van der Waals surface area contributed by atoms with Gasteiger partial charge in [-0.1, -0.05) is 6.07 Å². The van der Waals surface area contributed by atoms with Crippen molar-refractivity contribution >= 4 is 29.2 Å². The van der Waals surface area contributed by atoms with Gasteiger partial charge in [0.25, 0.3) is 0 Å². The van der Waals surface area contributed by atoms with Crippen molar-refractivity contribution in [2.75, 3.05) is 29.6 Å². The number of nitrogens with one attached hydrogen (secondary N) is 1. The number of hydrogen-bond donors (Lipinski definition) is 1. The van der Waals surface area contributed by atoms with Crippen molar-refractivity contribution in [2.24, 2.45) is 0 Å². The number of rotatable bonds is 7. The first kappa shape index (κ1) is 21.4. The largest absolute Gasteiger partial charge is 0.356 e. The van der Waals surface area contributed by atoms with Crippen molar-refractivity contribution < 1.29 is 4.79 Å². The molecule has 0 bridgehead atoms. The van der Waals surface area contributed by atoms with Crippen LogP contribution in [0.3, 0.4) is 0 Å². The second-order valence-electron chi connectivity index (χ2n) is 7.77. The number of carbonyl (C=O) groups is 1. The molecule has 1 aliphatic heterocycles. The summed E-state index contributed by atoms with van der Waals surface area (Å²) in [6.45, 7) is 6.09. The molecule has 2 aromatic heterocycles. The van der Waals surface area contributed by atoms with Gasteiger partial charge in [0.1, 0.15) is 12.1 Å². The van der Waals surface area contributed by atoms with E-state index in [1.54, 1.807) is 18.1 Å². The maximum absolute atomic E-state index is 12.5. The molecule has 8 heteroatoms. The van der Waals surface area contributed by atoms with Crippen LogP contribution in [0.5, 0.6) is 0 Å². The van der Waals surface area contributed by atoms with Crippen LogP contribution >= 0.6 is 11.8 Å². The first-order chi connectivity index (χ1) is 15.0. The summed E-state index contributed by atoms with van der Waals surface area (Å²) >= 11 is 1.66. The molecular formula is C23H28N6OS. The minimum absolute atomic E-state index is 0.00292. The number of benzene rings is 1. The van der Waals surface area contributed by atoms with Gasteiger partial charge in [-0.15, -0.1) is 11.8 Å². The third kappa shape index (κ3) is 4.90. The first-order valence-corrected chi connectivity index (χ1v) is 11.8. The summed E-state index contributed by atoms with van der Waals surface area (Å²) < 4.78 is 1.87. The minimum Gasteiger partial charge on any atom is -0.356 e. The summed E-state index contributed by atoms with van der Waals surface area (Å²) in [4.78, 5) is 24.8. The molecule has 1 fully saturated rings. The molecule has 7 nitrogen and oxygen atoms in total. The van der Waals surface area contributed by atoms with Crippen LogP contribution in [0.25, 0.3) is 5.82 Å². The van der Waals surface area contributed by atoms with Crippen molar-refractivity contribution in [1.82, 2.24) is 19.7 Å². The molecule has 4 rings (SSSR count). The lowest BCUT2D eigenvalue weighted by Gasteiger charge is -2.16. The smallest absolute Gasteiger partial charge is 0.224 e. The minimum atomic E-state index is 0.00292. The van der Waals surface area contributed by atoms with E-state index in [-0.39, 0.29) is 5.91 Å². The third-order valence-electron chi connectivity index (χ3n) is 5.68. The van der Waals surface area contributed by atoms with Gasteiger partial charge in [-0.05, 0) is 63.1 Å². The van der Waals surface area contributed by atoms with Crippen LogP contribution in [0.4, 0.5) is 11.5 Å². The Balaban J connectivity index is 1.46. The zero-order chi connectivity index (χ0) is 21.8. The fraction of sp³-hybridized carbons (Fsp3) is 0.391. The molecule has 162 valence electrons. The number of aromatic nitrogens is 4. The Morgan fingerprint density at radius 2 is 1.90 bits per heavy atom. The number of thioether (sulfide) groups is 1. The Hall–Kier alpha value is -2.87. The Morgan fingerprint density at radius 1 is 1.13 bits per heavy atom. The average molecular weight is 437 g/mol. The van der Waals surface area contributed by atoms with E-state index in [2.05, 4.69) is 20.2 Å². The van der Waals surface area contributed by atoms with Gasteiger partial charge >= 0.3 is 0 Å². The highest BCUT2D eigenvalue weighted by molar-refractivity contribution is 7.98. The molecule has 31 heavy (non-hydrogen) atoms. The molecule has 0 atom stereocenters. The number of aryl methyl sites for hydroxylation is 1. The van der Waals surface area contributed by atoms with E-state index in [9.17, 15) is 4.79 Å². The summed E-state index contributed by atoms with van der Waals surface area (Å²) in [6, 6.07) is 9.89. The Bertz CT molecular complexity index is 1070. The highest BCUT2D eigenvalue weighted by Crippen LogP contribution is 2.23. The normalized spacial score (nSPS) is 13.6. The topological polar surface area (TPSA) is 75.9 Å². The fourth-order valence-electron chi connectivity index (χ4n) is 3.99. The van der Waals surface area contributed by atoms with Crippen LogP contribution in [0, 0.1) is 13.8 Å². The summed E-state index contributed by atoms with van der Waals surface area (Å²) in [7, 11) is 0. The van der Waals surface area contributed by atoms with E-state index in [1.807, 2.05) is 55.1 Å². The number of nitrogens with zero attached hydrogens (tertiary/aromatic N) is 5. The molecular weight excluding hydrogens is 408 g/mol. The number of amides is 1. The molecule has 1 N–H and O–H groups in total. The monoisotopic (exact) mass is 436 g/mol. The number of anilines is 2. The van der Waals surface area contributed by atoms with Crippen LogP contribution in [-0.4, -0.2) is 45.0 Å². The van der Waals surface area contributed by atoms with Gasteiger partial charge in [-0.25, -0.2) is 14.6 Å². The van der Waals surface area contributed by atoms with Crippen molar-refractivity contribution in [2.45, 2.75) is 44.4 Å². The van der Waals surface area contributed by atoms with Gasteiger partial charge in [-0.3, -0.25) is 4.79 Å². The SMILES string of the molecule is CSc1cccc(NC(=O)CCc2c(C)nn(-c3cc(N4CCCC4)ncn3)c2C)c1. The third-order valence-corrected chi connectivity index (χ3v) is 6.41. The highest BCUT2D eigenvalue weighted by Gasteiger charge is 2.18. The predicted molar refractivity (Wildman–Crippen MR) is 125 cm³/mol. The average Bonchev–Trinajstić information content (AvgIpc) is 3.41. The van der Waals surface area contributed by atoms with E-state index in [0.29, 0.717) is 12.8 Å². The second-order valence-corrected chi connectivity index (χ2v) is 8.65.